The van der Waals surface area contributed by atoms with Crippen LogP contribution in [0.2, 0.25) is 0 Å². The fraction of sp³-hybridized carbons (Fsp3) is 0.429. The molecule has 0 aromatic heterocycles. The Morgan fingerprint density at radius 3 is 2.64 bits per heavy atom. The number of amides is 1. The molecule has 118 valence electrons. The van der Waals surface area contributed by atoms with Crippen molar-refractivity contribution in [3.8, 4) is 0 Å². The van der Waals surface area contributed by atoms with Gasteiger partial charge in [-0.15, -0.1) is 0 Å². The smallest absolute Gasteiger partial charge is 0.320 e. The fourth-order valence-corrected chi connectivity index (χ4v) is 2.22. The average Bonchev–Trinajstić information content (AvgIpc) is 3.28. The fourth-order valence-electron chi connectivity index (χ4n) is 2.22. The predicted octanol–water partition coefficient (Wildman–Crippen LogP) is 1.47. The number of para-hydroxylation sites is 2. The maximum Gasteiger partial charge on any atom is 0.320 e. The van der Waals surface area contributed by atoms with Crippen LogP contribution in [-0.2, 0) is 9.59 Å². The predicted molar refractivity (Wildman–Crippen MR) is 78.6 cm³/mol. The van der Waals surface area contributed by atoms with E-state index in [1.807, 2.05) is 0 Å². The lowest BCUT2D eigenvalue weighted by Crippen LogP contribution is -2.44. The SMILES string of the molecule is CC(C(=O)O)N(CC(=O)Nc1ccccc1[N+](=O)[O-])C1CC1. The van der Waals surface area contributed by atoms with Crippen LogP contribution in [0.3, 0.4) is 0 Å². The van der Waals surface area contributed by atoms with Crippen molar-refractivity contribution in [2.75, 3.05) is 11.9 Å². The van der Waals surface area contributed by atoms with Crippen LogP contribution in [0.15, 0.2) is 24.3 Å². The summed E-state index contributed by atoms with van der Waals surface area (Å²) in [6.45, 7) is 1.42. The Morgan fingerprint density at radius 1 is 1.45 bits per heavy atom. The van der Waals surface area contributed by atoms with E-state index in [1.165, 1.54) is 25.1 Å². The molecular weight excluding hydrogens is 290 g/mol. The number of carboxylic acid groups (broad SMARTS) is 1. The lowest BCUT2D eigenvalue weighted by Gasteiger charge is -2.25. The maximum atomic E-state index is 12.1. The quantitative estimate of drug-likeness (QED) is 0.582. The molecule has 22 heavy (non-hydrogen) atoms. The molecule has 2 N–H and O–H groups in total. The summed E-state index contributed by atoms with van der Waals surface area (Å²) in [6, 6.07) is 5.15. The van der Waals surface area contributed by atoms with Crippen molar-refractivity contribution in [2.24, 2.45) is 0 Å². The molecule has 1 amide bonds. The van der Waals surface area contributed by atoms with Crippen LogP contribution in [-0.4, -0.2) is 45.4 Å². The molecular formula is C14H17N3O5. The molecule has 1 aromatic rings. The Kier molecular flexibility index (Phi) is 4.71. The number of nitrogens with zero attached hydrogens (tertiary/aromatic N) is 2. The second-order valence-electron chi connectivity index (χ2n) is 5.24. The highest BCUT2D eigenvalue weighted by Gasteiger charge is 2.36. The van der Waals surface area contributed by atoms with Gasteiger partial charge in [0.1, 0.15) is 11.7 Å². The van der Waals surface area contributed by atoms with Gasteiger partial charge in [-0.2, -0.15) is 0 Å². The van der Waals surface area contributed by atoms with Crippen molar-refractivity contribution in [3.63, 3.8) is 0 Å². The molecule has 1 unspecified atom stereocenters. The van der Waals surface area contributed by atoms with Crippen LogP contribution in [0.4, 0.5) is 11.4 Å². The number of hydrogen-bond donors (Lipinski definition) is 2. The standard InChI is InChI=1S/C14H17N3O5/c1-9(14(19)20)16(10-6-7-10)8-13(18)15-11-4-2-3-5-12(11)17(21)22/h2-5,9-10H,6-8H2,1H3,(H,15,18)(H,19,20). The maximum absolute atomic E-state index is 12.1. The number of rotatable bonds is 7. The number of hydrogen-bond acceptors (Lipinski definition) is 5. The van der Waals surface area contributed by atoms with E-state index in [4.69, 9.17) is 5.11 Å². The summed E-state index contributed by atoms with van der Waals surface area (Å²) in [7, 11) is 0. The van der Waals surface area contributed by atoms with E-state index in [9.17, 15) is 19.7 Å². The van der Waals surface area contributed by atoms with Crippen LogP contribution in [0, 0.1) is 10.1 Å². The molecule has 0 radical (unpaired) electrons. The highest BCUT2D eigenvalue weighted by Crippen LogP contribution is 2.29. The van der Waals surface area contributed by atoms with E-state index in [2.05, 4.69) is 5.32 Å². The molecule has 1 atom stereocenters. The van der Waals surface area contributed by atoms with Crippen LogP contribution in [0.25, 0.3) is 0 Å². The first-order chi connectivity index (χ1) is 10.4. The number of nitro benzene ring substituents is 1. The van der Waals surface area contributed by atoms with E-state index >= 15 is 0 Å². The second-order valence-corrected chi connectivity index (χ2v) is 5.24. The van der Waals surface area contributed by atoms with Gasteiger partial charge in [-0.05, 0) is 25.8 Å². The number of nitrogens with one attached hydrogen (secondary N) is 1. The summed E-state index contributed by atoms with van der Waals surface area (Å²) < 4.78 is 0. The van der Waals surface area contributed by atoms with Crippen molar-refractivity contribution >= 4 is 23.3 Å². The van der Waals surface area contributed by atoms with E-state index < -0.39 is 22.8 Å². The van der Waals surface area contributed by atoms with Gasteiger partial charge in [0, 0.05) is 12.1 Å². The first kappa shape index (κ1) is 15.9. The van der Waals surface area contributed by atoms with E-state index in [0.717, 1.165) is 12.8 Å². The van der Waals surface area contributed by atoms with Crippen LogP contribution in [0.5, 0.6) is 0 Å². The zero-order valence-corrected chi connectivity index (χ0v) is 12.1. The van der Waals surface area contributed by atoms with Crippen molar-refractivity contribution in [1.82, 2.24) is 4.90 Å². The summed E-state index contributed by atoms with van der Waals surface area (Å²) in [5, 5.41) is 22.5. The number of anilines is 1. The van der Waals surface area contributed by atoms with E-state index in [1.54, 1.807) is 11.0 Å². The molecule has 0 aliphatic heterocycles. The zero-order chi connectivity index (χ0) is 16.3. The normalized spacial score (nSPS) is 15.4. The third-order valence-electron chi connectivity index (χ3n) is 3.57. The van der Waals surface area contributed by atoms with Gasteiger partial charge >= 0.3 is 5.97 Å². The van der Waals surface area contributed by atoms with Gasteiger partial charge in [0.15, 0.2) is 0 Å². The second kappa shape index (κ2) is 6.52. The Bertz CT molecular complexity index is 600. The summed E-state index contributed by atoms with van der Waals surface area (Å²) in [4.78, 5) is 35.1. The van der Waals surface area contributed by atoms with Crippen LogP contribution in [0.1, 0.15) is 19.8 Å². The van der Waals surface area contributed by atoms with Crippen molar-refractivity contribution < 1.29 is 19.6 Å². The third-order valence-corrected chi connectivity index (χ3v) is 3.57. The van der Waals surface area contributed by atoms with E-state index in [-0.39, 0.29) is 24.0 Å². The molecule has 0 spiro atoms. The number of carboxylic acids is 1. The molecule has 1 aromatic carbocycles. The molecule has 0 saturated heterocycles. The largest absolute Gasteiger partial charge is 0.480 e. The third kappa shape index (κ3) is 3.79. The Labute approximate surface area is 126 Å². The number of carbonyl (C=O) groups is 2. The Morgan fingerprint density at radius 2 is 2.09 bits per heavy atom. The van der Waals surface area contributed by atoms with Crippen LogP contribution < -0.4 is 5.32 Å². The molecule has 0 bridgehead atoms. The molecule has 1 aliphatic rings. The summed E-state index contributed by atoms with van der Waals surface area (Å²) >= 11 is 0. The highest BCUT2D eigenvalue weighted by atomic mass is 16.6. The molecule has 1 saturated carbocycles. The van der Waals surface area contributed by atoms with Gasteiger partial charge in [-0.25, -0.2) is 0 Å². The summed E-state index contributed by atoms with van der Waals surface area (Å²) in [6.07, 6.45) is 1.72. The van der Waals surface area contributed by atoms with Gasteiger partial charge < -0.3 is 10.4 Å². The van der Waals surface area contributed by atoms with Gasteiger partial charge in [-0.3, -0.25) is 24.6 Å². The number of nitro groups is 1. The van der Waals surface area contributed by atoms with Gasteiger partial charge in [0.05, 0.1) is 11.5 Å². The first-order valence-electron chi connectivity index (χ1n) is 6.92. The van der Waals surface area contributed by atoms with Crippen molar-refractivity contribution in [1.29, 1.82) is 0 Å². The minimum atomic E-state index is -0.995. The van der Waals surface area contributed by atoms with E-state index in [0.29, 0.717) is 0 Å². The minimum Gasteiger partial charge on any atom is -0.480 e. The summed E-state index contributed by atoms with van der Waals surface area (Å²) in [5.41, 5.74) is -0.0867. The molecule has 0 heterocycles. The monoisotopic (exact) mass is 307 g/mol. The lowest BCUT2D eigenvalue weighted by molar-refractivity contribution is -0.383. The Hall–Kier alpha value is -2.48. The number of benzene rings is 1. The Balaban J connectivity index is 2.06. The zero-order valence-electron chi connectivity index (χ0n) is 12.1. The number of carbonyl (C=O) groups excluding carboxylic acids is 1. The van der Waals surface area contributed by atoms with Crippen molar-refractivity contribution in [2.45, 2.75) is 31.8 Å². The highest BCUT2D eigenvalue weighted by molar-refractivity contribution is 5.94. The lowest BCUT2D eigenvalue weighted by atomic mass is 10.2. The first-order valence-corrected chi connectivity index (χ1v) is 6.92. The van der Waals surface area contributed by atoms with Gasteiger partial charge in [0.25, 0.3) is 5.69 Å². The van der Waals surface area contributed by atoms with Gasteiger partial charge in [0.2, 0.25) is 5.91 Å². The molecule has 8 heteroatoms. The molecule has 8 nitrogen and oxygen atoms in total. The molecule has 1 aliphatic carbocycles. The minimum absolute atomic E-state index is 0.0857. The molecule has 1 fully saturated rings. The topological polar surface area (TPSA) is 113 Å². The van der Waals surface area contributed by atoms with Gasteiger partial charge in [-0.1, -0.05) is 12.1 Å². The molecule has 2 rings (SSSR count). The van der Waals surface area contributed by atoms with Crippen LogP contribution >= 0.6 is 0 Å². The summed E-state index contributed by atoms with van der Waals surface area (Å²) in [5.74, 6) is -1.46. The van der Waals surface area contributed by atoms with Crippen molar-refractivity contribution in [3.05, 3.63) is 34.4 Å². The number of aliphatic carboxylic acids is 1. The average molecular weight is 307 g/mol.